The van der Waals surface area contributed by atoms with Gasteiger partial charge in [0.05, 0.1) is 24.4 Å². The molecule has 27 heavy (non-hydrogen) atoms. The predicted molar refractivity (Wildman–Crippen MR) is 105 cm³/mol. The molecule has 3 rings (SSSR count). The molecule has 0 atom stereocenters. The van der Waals surface area contributed by atoms with Crippen molar-refractivity contribution in [1.29, 1.82) is 0 Å². The number of carbonyl (C=O) groups is 1. The first-order valence-corrected chi connectivity index (χ1v) is 8.84. The van der Waals surface area contributed by atoms with Gasteiger partial charge in [-0.05, 0) is 43.7 Å². The van der Waals surface area contributed by atoms with Crippen molar-refractivity contribution in [2.75, 3.05) is 7.11 Å². The Kier molecular flexibility index (Phi) is 5.46. The fourth-order valence-electron chi connectivity index (χ4n) is 2.90. The summed E-state index contributed by atoms with van der Waals surface area (Å²) >= 11 is 6.03. The molecule has 7 heteroatoms. The Labute approximate surface area is 163 Å². The highest BCUT2D eigenvalue weighted by Crippen LogP contribution is 2.23. The molecular formula is C20H21ClN4O2. The van der Waals surface area contributed by atoms with Gasteiger partial charge in [-0.3, -0.25) is 14.2 Å². The lowest BCUT2D eigenvalue weighted by atomic mass is 10.1. The van der Waals surface area contributed by atoms with Gasteiger partial charge in [0.1, 0.15) is 5.75 Å². The number of halogens is 1. The zero-order chi connectivity index (χ0) is 19.6. The summed E-state index contributed by atoms with van der Waals surface area (Å²) in [6.07, 6.45) is 4.82. The van der Waals surface area contributed by atoms with Crippen molar-refractivity contribution in [2.24, 2.45) is 7.05 Å². The minimum absolute atomic E-state index is 0.239. The minimum atomic E-state index is -0.239. The van der Waals surface area contributed by atoms with Crippen LogP contribution < -0.4 is 4.74 Å². The number of benzene rings is 1. The van der Waals surface area contributed by atoms with Gasteiger partial charge in [-0.1, -0.05) is 23.7 Å². The van der Waals surface area contributed by atoms with E-state index in [2.05, 4.69) is 10.2 Å². The molecule has 0 bridgehead atoms. The smallest absolute Gasteiger partial charge is 0.207 e. The molecule has 6 nitrogen and oxygen atoms in total. The average molecular weight is 385 g/mol. The predicted octanol–water partition coefficient (Wildman–Crippen LogP) is 3.84. The van der Waals surface area contributed by atoms with Crippen molar-refractivity contribution in [3.8, 4) is 5.75 Å². The standard InChI is InChI=1S/C20H21ClN4O2/c1-13-9-14(2)25(22-13)11-16-10-15(6-8-19(16)27-4)5-7-18(26)20-17(21)12-24(3)23-20/h5-10,12H,11H2,1-4H3/b7-5+. The number of hydrogen-bond acceptors (Lipinski definition) is 4. The minimum Gasteiger partial charge on any atom is -0.496 e. The molecule has 0 fully saturated rings. The first-order chi connectivity index (χ1) is 12.9. The van der Waals surface area contributed by atoms with E-state index in [0.717, 1.165) is 28.3 Å². The maximum atomic E-state index is 12.3. The number of methoxy groups -OCH3 is 1. The highest BCUT2D eigenvalue weighted by atomic mass is 35.5. The molecule has 3 aromatic rings. The van der Waals surface area contributed by atoms with Crippen LogP contribution in [0.1, 0.15) is 33.0 Å². The third kappa shape index (κ3) is 4.28. The van der Waals surface area contributed by atoms with Crippen LogP contribution in [0.4, 0.5) is 0 Å². The number of allylic oxidation sites excluding steroid dienone is 1. The van der Waals surface area contributed by atoms with Crippen LogP contribution in [0.2, 0.25) is 5.02 Å². The molecule has 0 unspecified atom stereocenters. The second kappa shape index (κ2) is 7.80. The number of ketones is 1. The Morgan fingerprint density at radius 2 is 2.04 bits per heavy atom. The number of carbonyl (C=O) groups excluding carboxylic acids is 1. The van der Waals surface area contributed by atoms with E-state index < -0.39 is 0 Å². The van der Waals surface area contributed by atoms with Crippen LogP contribution in [0.5, 0.6) is 5.75 Å². The Bertz CT molecular complexity index is 1020. The van der Waals surface area contributed by atoms with Crippen molar-refractivity contribution >= 4 is 23.5 Å². The molecule has 0 saturated heterocycles. The second-order valence-electron chi connectivity index (χ2n) is 6.35. The zero-order valence-corrected chi connectivity index (χ0v) is 16.5. The number of rotatable bonds is 6. The molecule has 0 spiro atoms. The van der Waals surface area contributed by atoms with Crippen molar-refractivity contribution in [3.05, 3.63) is 69.8 Å². The van der Waals surface area contributed by atoms with Gasteiger partial charge in [0.2, 0.25) is 5.78 Å². The molecule has 0 radical (unpaired) electrons. The van der Waals surface area contributed by atoms with Crippen LogP contribution in [0.15, 0.2) is 36.5 Å². The average Bonchev–Trinajstić information content (AvgIpc) is 3.13. The first-order valence-electron chi connectivity index (χ1n) is 8.47. The summed E-state index contributed by atoms with van der Waals surface area (Å²) in [5, 5.41) is 8.93. The van der Waals surface area contributed by atoms with Crippen LogP contribution in [0, 0.1) is 13.8 Å². The Hall–Kier alpha value is -2.86. The lowest BCUT2D eigenvalue weighted by Crippen LogP contribution is -2.05. The molecule has 1 aromatic carbocycles. The summed E-state index contributed by atoms with van der Waals surface area (Å²) < 4.78 is 8.92. The van der Waals surface area contributed by atoms with E-state index in [1.807, 2.05) is 42.8 Å². The monoisotopic (exact) mass is 384 g/mol. The number of aromatic nitrogens is 4. The number of aryl methyl sites for hydroxylation is 3. The van der Waals surface area contributed by atoms with Crippen LogP contribution in [-0.2, 0) is 13.6 Å². The fraction of sp³-hybridized carbons (Fsp3) is 0.250. The summed E-state index contributed by atoms with van der Waals surface area (Å²) in [5.41, 5.74) is 4.16. The van der Waals surface area contributed by atoms with Crippen LogP contribution in [-0.4, -0.2) is 32.5 Å². The third-order valence-electron chi connectivity index (χ3n) is 4.17. The van der Waals surface area contributed by atoms with E-state index in [1.54, 1.807) is 26.4 Å². The molecule has 2 heterocycles. The van der Waals surface area contributed by atoms with E-state index in [-0.39, 0.29) is 11.5 Å². The van der Waals surface area contributed by atoms with Gasteiger partial charge in [-0.25, -0.2) is 0 Å². The molecule has 0 saturated carbocycles. The topological polar surface area (TPSA) is 61.9 Å². The van der Waals surface area contributed by atoms with E-state index >= 15 is 0 Å². The molecule has 0 N–H and O–H groups in total. The lowest BCUT2D eigenvalue weighted by Gasteiger charge is -2.11. The fourth-order valence-corrected chi connectivity index (χ4v) is 3.17. The van der Waals surface area contributed by atoms with E-state index in [9.17, 15) is 4.79 Å². The summed E-state index contributed by atoms with van der Waals surface area (Å²) in [4.78, 5) is 12.3. The van der Waals surface area contributed by atoms with Crippen LogP contribution >= 0.6 is 11.6 Å². The summed E-state index contributed by atoms with van der Waals surface area (Å²) in [5.74, 6) is 0.537. The normalized spacial score (nSPS) is 11.3. The molecule has 140 valence electrons. The van der Waals surface area contributed by atoms with Gasteiger partial charge < -0.3 is 4.74 Å². The van der Waals surface area contributed by atoms with Gasteiger partial charge in [0.15, 0.2) is 5.69 Å². The lowest BCUT2D eigenvalue weighted by molar-refractivity contribution is 0.104. The SMILES string of the molecule is COc1ccc(/C=C/C(=O)c2nn(C)cc2Cl)cc1Cn1nc(C)cc1C. The maximum absolute atomic E-state index is 12.3. The van der Waals surface area contributed by atoms with E-state index in [0.29, 0.717) is 11.6 Å². The number of hydrogen-bond donors (Lipinski definition) is 0. The Morgan fingerprint density at radius 1 is 1.26 bits per heavy atom. The summed E-state index contributed by atoms with van der Waals surface area (Å²) in [6, 6.07) is 7.80. The van der Waals surface area contributed by atoms with Gasteiger partial charge in [-0.2, -0.15) is 10.2 Å². The highest BCUT2D eigenvalue weighted by Gasteiger charge is 2.12. The third-order valence-corrected chi connectivity index (χ3v) is 4.45. The summed E-state index contributed by atoms with van der Waals surface area (Å²) in [6.45, 7) is 4.57. The zero-order valence-electron chi connectivity index (χ0n) is 15.7. The second-order valence-corrected chi connectivity index (χ2v) is 6.76. The number of nitrogens with zero attached hydrogens (tertiary/aromatic N) is 4. The van der Waals surface area contributed by atoms with E-state index in [1.165, 1.54) is 10.8 Å². The van der Waals surface area contributed by atoms with Crippen molar-refractivity contribution in [2.45, 2.75) is 20.4 Å². The van der Waals surface area contributed by atoms with Crippen LogP contribution in [0.25, 0.3) is 6.08 Å². The first kappa shape index (κ1) is 18.9. The van der Waals surface area contributed by atoms with Crippen LogP contribution in [0.3, 0.4) is 0 Å². The van der Waals surface area contributed by atoms with Crippen molar-refractivity contribution in [1.82, 2.24) is 19.6 Å². The highest BCUT2D eigenvalue weighted by molar-refractivity contribution is 6.34. The van der Waals surface area contributed by atoms with Crippen molar-refractivity contribution in [3.63, 3.8) is 0 Å². The molecule has 0 aliphatic rings. The largest absolute Gasteiger partial charge is 0.496 e. The van der Waals surface area contributed by atoms with Gasteiger partial charge >= 0.3 is 0 Å². The molecule has 0 aliphatic carbocycles. The van der Waals surface area contributed by atoms with Crippen molar-refractivity contribution < 1.29 is 9.53 Å². The molecular weight excluding hydrogens is 364 g/mol. The molecule has 0 aliphatic heterocycles. The number of ether oxygens (including phenoxy) is 1. The maximum Gasteiger partial charge on any atom is 0.207 e. The quantitative estimate of drug-likeness (QED) is 0.478. The Morgan fingerprint density at radius 3 is 2.63 bits per heavy atom. The van der Waals surface area contributed by atoms with Gasteiger partial charge in [0.25, 0.3) is 0 Å². The molecule has 0 amide bonds. The van der Waals surface area contributed by atoms with E-state index in [4.69, 9.17) is 16.3 Å². The molecule has 2 aromatic heterocycles. The van der Waals surface area contributed by atoms with Gasteiger partial charge in [-0.15, -0.1) is 0 Å². The Balaban J connectivity index is 1.85. The van der Waals surface area contributed by atoms with Gasteiger partial charge in [0, 0.05) is 24.5 Å². The summed E-state index contributed by atoms with van der Waals surface area (Å²) in [7, 11) is 3.36.